The van der Waals surface area contributed by atoms with Crippen LogP contribution in [0.25, 0.3) is 0 Å². The van der Waals surface area contributed by atoms with Crippen LogP contribution in [0.4, 0.5) is 0 Å². The monoisotopic (exact) mass is 208 g/mol. The van der Waals surface area contributed by atoms with Crippen molar-refractivity contribution in [1.82, 2.24) is 9.88 Å². The zero-order valence-corrected chi connectivity index (χ0v) is 9.36. The average Bonchev–Trinajstić information content (AvgIpc) is 2.30. The van der Waals surface area contributed by atoms with Crippen LogP contribution >= 0.6 is 0 Å². The Morgan fingerprint density at radius 1 is 1.40 bits per heavy atom. The molecule has 0 aliphatic rings. The molecule has 0 radical (unpaired) electrons. The van der Waals surface area contributed by atoms with Crippen molar-refractivity contribution in [3.63, 3.8) is 0 Å². The van der Waals surface area contributed by atoms with E-state index in [-0.39, 0.29) is 5.91 Å². The highest BCUT2D eigenvalue weighted by atomic mass is 16.5. The Morgan fingerprint density at radius 2 is 2.07 bits per heavy atom. The van der Waals surface area contributed by atoms with Gasteiger partial charge in [-0.05, 0) is 19.9 Å². The van der Waals surface area contributed by atoms with Crippen LogP contribution < -0.4 is 4.74 Å². The number of amides is 1. The molecule has 1 rings (SSSR count). The van der Waals surface area contributed by atoms with Gasteiger partial charge in [0.1, 0.15) is 5.69 Å². The molecular weight excluding hydrogens is 192 g/mol. The van der Waals surface area contributed by atoms with Crippen LogP contribution in [-0.2, 0) is 0 Å². The molecule has 1 amide bonds. The Bertz CT molecular complexity index is 335. The van der Waals surface area contributed by atoms with Crippen molar-refractivity contribution in [3.05, 3.63) is 23.9 Å². The number of rotatable bonds is 4. The first-order chi connectivity index (χ1) is 7.22. The number of pyridine rings is 1. The third-order valence-electron chi connectivity index (χ3n) is 2.20. The third kappa shape index (κ3) is 2.68. The van der Waals surface area contributed by atoms with Gasteiger partial charge in [-0.3, -0.25) is 4.79 Å². The number of carbonyl (C=O) groups is 1. The van der Waals surface area contributed by atoms with E-state index in [0.717, 1.165) is 0 Å². The van der Waals surface area contributed by atoms with Gasteiger partial charge >= 0.3 is 0 Å². The van der Waals surface area contributed by atoms with Crippen molar-refractivity contribution in [2.24, 2.45) is 0 Å². The topological polar surface area (TPSA) is 42.4 Å². The molecule has 15 heavy (non-hydrogen) atoms. The summed E-state index contributed by atoms with van der Waals surface area (Å²) in [5, 5.41) is 0. The third-order valence-corrected chi connectivity index (χ3v) is 2.20. The normalized spacial score (nSPS) is 9.80. The van der Waals surface area contributed by atoms with Gasteiger partial charge in [0, 0.05) is 19.2 Å². The highest BCUT2D eigenvalue weighted by Crippen LogP contribution is 2.08. The molecule has 0 bridgehead atoms. The summed E-state index contributed by atoms with van der Waals surface area (Å²) in [5.41, 5.74) is 0.429. The second-order valence-electron chi connectivity index (χ2n) is 3.04. The van der Waals surface area contributed by atoms with Crippen LogP contribution in [0.1, 0.15) is 24.3 Å². The van der Waals surface area contributed by atoms with Gasteiger partial charge in [0.2, 0.25) is 5.88 Å². The van der Waals surface area contributed by atoms with Crippen LogP contribution in [0.2, 0.25) is 0 Å². The number of ether oxygens (including phenoxy) is 1. The van der Waals surface area contributed by atoms with E-state index in [4.69, 9.17) is 4.74 Å². The Hall–Kier alpha value is -1.58. The SMILES string of the molecule is CCN(CC)C(=O)c1cccc(OC)n1. The summed E-state index contributed by atoms with van der Waals surface area (Å²) in [6, 6.07) is 5.19. The molecule has 1 aromatic heterocycles. The molecule has 0 spiro atoms. The zero-order valence-electron chi connectivity index (χ0n) is 9.36. The van der Waals surface area contributed by atoms with Crippen molar-refractivity contribution < 1.29 is 9.53 Å². The molecule has 0 unspecified atom stereocenters. The lowest BCUT2D eigenvalue weighted by Crippen LogP contribution is -2.31. The predicted molar refractivity (Wildman–Crippen MR) is 58.0 cm³/mol. The minimum atomic E-state index is -0.0566. The Balaban J connectivity index is 2.90. The smallest absolute Gasteiger partial charge is 0.272 e. The number of methoxy groups -OCH3 is 1. The van der Waals surface area contributed by atoms with Gasteiger partial charge in [0.15, 0.2) is 0 Å². The van der Waals surface area contributed by atoms with Crippen LogP contribution in [0.5, 0.6) is 5.88 Å². The molecule has 4 heteroatoms. The molecule has 0 saturated carbocycles. The molecule has 0 aliphatic heterocycles. The lowest BCUT2D eigenvalue weighted by Gasteiger charge is -2.17. The number of aromatic nitrogens is 1. The highest BCUT2D eigenvalue weighted by molar-refractivity contribution is 5.92. The molecule has 0 aliphatic carbocycles. The summed E-state index contributed by atoms with van der Waals surface area (Å²) in [7, 11) is 1.54. The van der Waals surface area contributed by atoms with E-state index >= 15 is 0 Å². The number of carbonyl (C=O) groups excluding carboxylic acids is 1. The summed E-state index contributed by atoms with van der Waals surface area (Å²) in [4.78, 5) is 17.7. The second-order valence-corrected chi connectivity index (χ2v) is 3.04. The van der Waals surface area contributed by atoms with Crippen LogP contribution in [0, 0.1) is 0 Å². The van der Waals surface area contributed by atoms with E-state index in [1.807, 2.05) is 13.8 Å². The van der Waals surface area contributed by atoms with Gasteiger partial charge in [-0.1, -0.05) is 6.07 Å². The first-order valence-corrected chi connectivity index (χ1v) is 5.03. The molecule has 0 atom stereocenters. The molecule has 82 valence electrons. The maximum Gasteiger partial charge on any atom is 0.272 e. The number of hydrogen-bond acceptors (Lipinski definition) is 3. The fourth-order valence-corrected chi connectivity index (χ4v) is 1.32. The lowest BCUT2D eigenvalue weighted by atomic mass is 10.3. The minimum Gasteiger partial charge on any atom is -0.481 e. The zero-order chi connectivity index (χ0) is 11.3. The van der Waals surface area contributed by atoms with E-state index in [9.17, 15) is 4.79 Å². The Morgan fingerprint density at radius 3 is 2.60 bits per heavy atom. The maximum atomic E-state index is 11.9. The quantitative estimate of drug-likeness (QED) is 0.754. The van der Waals surface area contributed by atoms with E-state index in [1.54, 1.807) is 23.1 Å². The van der Waals surface area contributed by atoms with Gasteiger partial charge in [0.05, 0.1) is 7.11 Å². The highest BCUT2D eigenvalue weighted by Gasteiger charge is 2.13. The Labute approximate surface area is 89.9 Å². The van der Waals surface area contributed by atoms with Crippen LogP contribution in [0.15, 0.2) is 18.2 Å². The van der Waals surface area contributed by atoms with E-state index in [1.165, 1.54) is 7.11 Å². The first kappa shape index (κ1) is 11.5. The molecule has 0 saturated heterocycles. The van der Waals surface area contributed by atoms with Crippen molar-refractivity contribution in [1.29, 1.82) is 0 Å². The summed E-state index contributed by atoms with van der Waals surface area (Å²) >= 11 is 0. The largest absolute Gasteiger partial charge is 0.481 e. The molecule has 1 aromatic rings. The van der Waals surface area contributed by atoms with Crippen molar-refractivity contribution in [3.8, 4) is 5.88 Å². The molecule has 0 fully saturated rings. The fourth-order valence-electron chi connectivity index (χ4n) is 1.32. The van der Waals surface area contributed by atoms with Gasteiger partial charge in [0.25, 0.3) is 5.91 Å². The summed E-state index contributed by atoms with van der Waals surface area (Å²) in [6.45, 7) is 5.27. The molecule has 0 N–H and O–H groups in total. The molecule has 1 heterocycles. The van der Waals surface area contributed by atoms with Gasteiger partial charge in [-0.25, -0.2) is 4.98 Å². The fraction of sp³-hybridized carbons (Fsp3) is 0.455. The van der Waals surface area contributed by atoms with Crippen LogP contribution in [-0.4, -0.2) is 36.0 Å². The van der Waals surface area contributed by atoms with Gasteiger partial charge in [-0.2, -0.15) is 0 Å². The first-order valence-electron chi connectivity index (χ1n) is 5.03. The van der Waals surface area contributed by atoms with E-state index < -0.39 is 0 Å². The maximum absolute atomic E-state index is 11.9. The predicted octanol–water partition coefficient (Wildman–Crippen LogP) is 1.57. The molecule has 0 aromatic carbocycles. The number of hydrogen-bond donors (Lipinski definition) is 0. The van der Waals surface area contributed by atoms with Gasteiger partial charge in [-0.15, -0.1) is 0 Å². The number of nitrogens with zero attached hydrogens (tertiary/aromatic N) is 2. The summed E-state index contributed by atoms with van der Waals surface area (Å²) in [6.07, 6.45) is 0. The minimum absolute atomic E-state index is 0.0566. The Kier molecular flexibility index (Phi) is 4.09. The van der Waals surface area contributed by atoms with Crippen LogP contribution in [0.3, 0.4) is 0 Å². The molecule has 4 nitrogen and oxygen atoms in total. The summed E-state index contributed by atoms with van der Waals surface area (Å²) in [5.74, 6) is 0.409. The van der Waals surface area contributed by atoms with Crippen molar-refractivity contribution >= 4 is 5.91 Å². The van der Waals surface area contributed by atoms with Crippen molar-refractivity contribution in [2.75, 3.05) is 20.2 Å². The van der Waals surface area contributed by atoms with Gasteiger partial charge < -0.3 is 9.64 Å². The molecular formula is C11H16N2O2. The van der Waals surface area contributed by atoms with Crippen molar-refractivity contribution in [2.45, 2.75) is 13.8 Å². The van der Waals surface area contributed by atoms with E-state index in [2.05, 4.69) is 4.98 Å². The lowest BCUT2D eigenvalue weighted by molar-refractivity contribution is 0.0766. The summed E-state index contributed by atoms with van der Waals surface area (Å²) < 4.78 is 4.97. The second kappa shape index (κ2) is 5.34. The average molecular weight is 208 g/mol. The standard InChI is InChI=1S/C11H16N2O2/c1-4-13(5-2)11(14)9-7-6-8-10(12-9)15-3/h6-8H,4-5H2,1-3H3. The van der Waals surface area contributed by atoms with E-state index in [0.29, 0.717) is 24.7 Å².